The Morgan fingerprint density at radius 1 is 1.10 bits per heavy atom. The molecule has 2 heterocycles. The third-order valence-corrected chi connectivity index (χ3v) is 6.03. The number of tetrazole rings is 1. The molecule has 0 saturated carbocycles. The fraction of sp³-hybridized carbons (Fsp3) is 0.435. The van der Waals surface area contributed by atoms with E-state index in [0.717, 1.165) is 56.2 Å². The number of anilines is 1. The number of nitrogens with zero attached hydrogens (tertiary/aromatic N) is 5. The van der Waals surface area contributed by atoms with Crippen molar-refractivity contribution >= 4 is 5.69 Å². The molecule has 0 aliphatic carbocycles. The van der Waals surface area contributed by atoms with Crippen LogP contribution in [0.5, 0.6) is 5.75 Å². The number of rotatable bonds is 8. The van der Waals surface area contributed by atoms with Gasteiger partial charge in [0.2, 0.25) is 5.82 Å². The van der Waals surface area contributed by atoms with Crippen molar-refractivity contribution in [1.82, 2.24) is 20.2 Å². The maximum atomic E-state index is 14.2. The van der Waals surface area contributed by atoms with Crippen LogP contribution in [0.1, 0.15) is 37.2 Å². The van der Waals surface area contributed by atoms with Crippen LogP contribution in [0.25, 0.3) is 0 Å². The molecule has 0 radical (unpaired) electrons. The van der Waals surface area contributed by atoms with Crippen molar-refractivity contribution in [2.45, 2.75) is 32.4 Å². The summed E-state index contributed by atoms with van der Waals surface area (Å²) in [5, 5.41) is 12.7. The zero-order valence-corrected chi connectivity index (χ0v) is 18.2. The number of ether oxygens (including phenoxy) is 1. The summed E-state index contributed by atoms with van der Waals surface area (Å²) in [7, 11) is 1.67. The molecule has 0 amide bonds. The molecule has 0 unspecified atom stereocenters. The lowest BCUT2D eigenvalue weighted by molar-refractivity contribution is -0.933. The van der Waals surface area contributed by atoms with E-state index in [4.69, 9.17) is 4.74 Å². The molecule has 3 aromatic rings. The molecule has 1 aliphatic heterocycles. The van der Waals surface area contributed by atoms with Gasteiger partial charge in [0, 0.05) is 6.42 Å². The van der Waals surface area contributed by atoms with Crippen molar-refractivity contribution in [3.8, 4) is 5.75 Å². The van der Waals surface area contributed by atoms with Gasteiger partial charge in [-0.25, -0.2) is 9.07 Å². The average Bonchev–Trinajstić information content (AvgIpc) is 3.26. The van der Waals surface area contributed by atoms with E-state index < -0.39 is 0 Å². The first-order chi connectivity index (χ1) is 15.2. The lowest BCUT2D eigenvalue weighted by atomic mass is 10.1. The first kappa shape index (κ1) is 21.2. The van der Waals surface area contributed by atoms with Gasteiger partial charge in [0.1, 0.15) is 17.6 Å². The summed E-state index contributed by atoms with van der Waals surface area (Å²) < 4.78 is 21.4. The quantitative estimate of drug-likeness (QED) is 0.599. The molecule has 0 spiro atoms. The molecule has 2 aromatic carbocycles. The summed E-state index contributed by atoms with van der Waals surface area (Å²) in [6.07, 6.45) is 2.07. The molecule has 0 bridgehead atoms. The van der Waals surface area contributed by atoms with Gasteiger partial charge in [0.05, 0.1) is 45.5 Å². The molecule has 1 aromatic heterocycles. The minimum absolute atomic E-state index is 0.153. The average molecular weight is 426 g/mol. The predicted molar refractivity (Wildman–Crippen MR) is 117 cm³/mol. The van der Waals surface area contributed by atoms with E-state index >= 15 is 0 Å². The molecule has 7 nitrogen and oxygen atoms in total. The van der Waals surface area contributed by atoms with Crippen LogP contribution in [0.2, 0.25) is 0 Å². The van der Waals surface area contributed by atoms with Crippen molar-refractivity contribution in [1.29, 1.82) is 0 Å². The van der Waals surface area contributed by atoms with Crippen LogP contribution < -0.4 is 14.5 Å². The highest BCUT2D eigenvalue weighted by atomic mass is 19.1. The highest BCUT2D eigenvalue weighted by Crippen LogP contribution is 2.20. The van der Waals surface area contributed by atoms with Gasteiger partial charge in [0.15, 0.2) is 0 Å². The van der Waals surface area contributed by atoms with E-state index in [-0.39, 0.29) is 11.9 Å². The number of piperazine rings is 1. The molecule has 1 fully saturated rings. The first-order valence-electron chi connectivity index (χ1n) is 10.9. The SMILES string of the molecule is CCC[C@@H](c1nnnn1Cc1ccc(OC)cc1)[NH+]1CCN(c2ccccc2F)CC1. The second-order valence-electron chi connectivity index (χ2n) is 7.98. The van der Waals surface area contributed by atoms with E-state index in [1.807, 2.05) is 41.1 Å². The Hall–Kier alpha value is -3.00. The topological polar surface area (TPSA) is 60.5 Å². The minimum atomic E-state index is -0.153. The van der Waals surface area contributed by atoms with Gasteiger partial charge < -0.3 is 14.5 Å². The van der Waals surface area contributed by atoms with Crippen molar-refractivity contribution < 1.29 is 14.0 Å². The lowest BCUT2D eigenvalue weighted by Gasteiger charge is -2.37. The third kappa shape index (κ3) is 4.85. The fourth-order valence-electron chi connectivity index (χ4n) is 4.37. The van der Waals surface area contributed by atoms with Crippen LogP contribution in [0.4, 0.5) is 10.1 Å². The van der Waals surface area contributed by atoms with Crippen LogP contribution in [-0.2, 0) is 6.54 Å². The Balaban J connectivity index is 1.47. The van der Waals surface area contributed by atoms with Crippen LogP contribution in [0, 0.1) is 5.82 Å². The number of para-hydroxylation sites is 1. The second kappa shape index (κ2) is 9.87. The summed E-state index contributed by atoms with van der Waals surface area (Å²) >= 11 is 0. The summed E-state index contributed by atoms with van der Waals surface area (Å²) in [4.78, 5) is 3.60. The normalized spacial score (nSPS) is 15.8. The molecule has 164 valence electrons. The minimum Gasteiger partial charge on any atom is -0.497 e. The van der Waals surface area contributed by atoms with Crippen LogP contribution in [-0.4, -0.2) is 53.5 Å². The molecule has 1 N–H and O–H groups in total. The Bertz CT molecular complexity index is 968. The molecule has 1 atom stereocenters. The van der Waals surface area contributed by atoms with E-state index in [2.05, 4.69) is 27.3 Å². The maximum absolute atomic E-state index is 14.2. The van der Waals surface area contributed by atoms with Gasteiger partial charge in [-0.1, -0.05) is 37.6 Å². The Kier molecular flexibility index (Phi) is 6.76. The van der Waals surface area contributed by atoms with Crippen molar-refractivity contribution in [3.05, 3.63) is 65.7 Å². The third-order valence-electron chi connectivity index (χ3n) is 6.03. The van der Waals surface area contributed by atoms with Gasteiger partial charge in [-0.3, -0.25) is 0 Å². The van der Waals surface area contributed by atoms with Gasteiger partial charge in [-0.15, -0.1) is 5.10 Å². The Labute approximate surface area is 182 Å². The highest BCUT2D eigenvalue weighted by molar-refractivity contribution is 5.47. The molecular weight excluding hydrogens is 395 g/mol. The van der Waals surface area contributed by atoms with E-state index in [9.17, 15) is 4.39 Å². The Morgan fingerprint density at radius 3 is 2.52 bits per heavy atom. The summed E-state index contributed by atoms with van der Waals surface area (Å²) in [6, 6.07) is 15.2. The fourth-order valence-corrected chi connectivity index (χ4v) is 4.37. The number of benzene rings is 2. The molecule has 31 heavy (non-hydrogen) atoms. The number of aromatic nitrogens is 4. The lowest BCUT2D eigenvalue weighted by Crippen LogP contribution is -3.15. The van der Waals surface area contributed by atoms with Crippen molar-refractivity contribution in [3.63, 3.8) is 0 Å². The second-order valence-corrected chi connectivity index (χ2v) is 7.98. The first-order valence-corrected chi connectivity index (χ1v) is 10.9. The standard InChI is InChI=1S/C23H29FN6O/c1-3-6-22(29-15-13-28(14-16-29)21-8-5-4-7-20(21)24)23-25-26-27-30(23)17-18-9-11-19(31-2)12-10-18/h4-5,7-12,22H,3,6,13-17H2,1-2H3/p+1/t22-/m0/s1. The van der Waals surface area contributed by atoms with Crippen LogP contribution in [0.15, 0.2) is 48.5 Å². The molecular formula is C23H30FN6O+. The van der Waals surface area contributed by atoms with E-state index in [1.165, 1.54) is 11.0 Å². The number of methoxy groups -OCH3 is 1. The monoisotopic (exact) mass is 425 g/mol. The predicted octanol–water partition coefficient (Wildman–Crippen LogP) is 2.12. The smallest absolute Gasteiger partial charge is 0.209 e. The van der Waals surface area contributed by atoms with E-state index in [1.54, 1.807) is 13.2 Å². The van der Waals surface area contributed by atoms with Crippen LogP contribution in [0.3, 0.4) is 0 Å². The summed E-state index contributed by atoms with van der Waals surface area (Å²) in [5.41, 5.74) is 1.82. The number of quaternary nitrogens is 1. The number of hydrogen-bond donors (Lipinski definition) is 1. The van der Waals surface area contributed by atoms with Gasteiger partial charge in [-0.2, -0.15) is 0 Å². The largest absolute Gasteiger partial charge is 0.497 e. The maximum Gasteiger partial charge on any atom is 0.209 e. The van der Waals surface area contributed by atoms with E-state index in [0.29, 0.717) is 12.2 Å². The number of hydrogen-bond acceptors (Lipinski definition) is 5. The van der Waals surface area contributed by atoms with Crippen LogP contribution >= 0.6 is 0 Å². The molecule has 4 rings (SSSR count). The van der Waals surface area contributed by atoms with Crippen molar-refractivity contribution in [2.75, 3.05) is 38.2 Å². The molecule has 1 saturated heterocycles. The van der Waals surface area contributed by atoms with Gasteiger partial charge in [0.25, 0.3) is 0 Å². The molecule has 1 aliphatic rings. The summed E-state index contributed by atoms with van der Waals surface area (Å²) in [6.45, 7) is 6.30. The Morgan fingerprint density at radius 2 is 1.84 bits per heavy atom. The molecule has 8 heteroatoms. The van der Waals surface area contributed by atoms with Gasteiger partial charge in [-0.05, 0) is 40.3 Å². The van der Waals surface area contributed by atoms with Gasteiger partial charge >= 0.3 is 0 Å². The summed E-state index contributed by atoms with van der Waals surface area (Å²) in [5.74, 6) is 1.60. The number of nitrogens with one attached hydrogen (secondary N) is 1. The zero-order valence-electron chi connectivity index (χ0n) is 18.2. The highest BCUT2D eigenvalue weighted by Gasteiger charge is 2.32. The zero-order chi connectivity index (χ0) is 21.6. The number of halogens is 1. The van der Waals surface area contributed by atoms with Crippen molar-refractivity contribution in [2.24, 2.45) is 0 Å².